The molecule has 2 rings (SSSR count). The molecule has 1 heterocycles. The average molecular weight is 299 g/mol. The van der Waals surface area contributed by atoms with E-state index in [9.17, 15) is 4.39 Å². The second-order valence-electron chi connectivity index (χ2n) is 2.86. The Labute approximate surface area is 95.1 Å². The molecule has 2 aromatic rings. The summed E-state index contributed by atoms with van der Waals surface area (Å²) in [5.41, 5.74) is 2.10. The summed E-state index contributed by atoms with van der Waals surface area (Å²) >= 11 is 2.13. The Balaban J connectivity index is 2.53. The largest absolute Gasteiger partial charge is 0.265 e. The van der Waals surface area contributed by atoms with E-state index < -0.39 is 0 Å². The van der Waals surface area contributed by atoms with Crippen molar-refractivity contribution in [1.82, 2.24) is 4.98 Å². The van der Waals surface area contributed by atoms with Gasteiger partial charge in [0, 0.05) is 16.0 Å². The minimum atomic E-state index is -0.202. The molecule has 0 aliphatic heterocycles. The van der Waals surface area contributed by atoms with Gasteiger partial charge in [-0.1, -0.05) is 6.07 Å². The molecule has 0 bridgehead atoms. The van der Waals surface area contributed by atoms with Gasteiger partial charge in [-0.25, -0.2) is 4.39 Å². The smallest absolute Gasteiger partial charge is 0.124 e. The van der Waals surface area contributed by atoms with Crippen molar-refractivity contribution in [3.8, 4) is 11.1 Å². The highest BCUT2D eigenvalue weighted by Crippen LogP contribution is 2.24. The average Bonchev–Trinajstić information content (AvgIpc) is 2.19. The van der Waals surface area contributed by atoms with Gasteiger partial charge in [0.1, 0.15) is 5.82 Å². The first kappa shape index (κ1) is 9.58. The Bertz CT molecular complexity index is 442. The van der Waals surface area contributed by atoms with E-state index in [0.717, 1.165) is 14.7 Å². The fourth-order valence-electron chi connectivity index (χ4n) is 1.26. The summed E-state index contributed by atoms with van der Waals surface area (Å²) in [6, 6.07) is 8.60. The number of nitrogens with zero attached hydrogens (tertiary/aromatic N) is 1. The monoisotopic (exact) mass is 299 g/mol. The molecule has 1 aromatic carbocycles. The molecule has 0 aliphatic carbocycles. The predicted molar refractivity (Wildman–Crippen MR) is 62.3 cm³/mol. The van der Waals surface area contributed by atoms with Crippen LogP contribution in [0.2, 0.25) is 0 Å². The third-order valence-electron chi connectivity index (χ3n) is 1.92. The zero-order valence-electron chi connectivity index (χ0n) is 7.24. The lowest BCUT2D eigenvalue weighted by Crippen LogP contribution is -1.84. The van der Waals surface area contributed by atoms with Crippen molar-refractivity contribution in [1.29, 1.82) is 0 Å². The highest BCUT2D eigenvalue weighted by atomic mass is 127. The Morgan fingerprint density at radius 2 is 1.79 bits per heavy atom. The molecule has 3 heteroatoms. The molecule has 1 aromatic heterocycles. The minimum Gasteiger partial charge on any atom is -0.265 e. The third kappa shape index (κ3) is 1.92. The quantitative estimate of drug-likeness (QED) is 0.735. The summed E-state index contributed by atoms with van der Waals surface area (Å²) in [6.45, 7) is 0. The van der Waals surface area contributed by atoms with E-state index >= 15 is 0 Å². The van der Waals surface area contributed by atoms with Crippen LogP contribution in [0.4, 0.5) is 4.39 Å². The molecule has 0 fully saturated rings. The van der Waals surface area contributed by atoms with Gasteiger partial charge >= 0.3 is 0 Å². The Morgan fingerprint density at radius 1 is 1.07 bits per heavy atom. The lowest BCUT2D eigenvalue weighted by Gasteiger charge is -2.03. The van der Waals surface area contributed by atoms with Crippen LogP contribution in [0.25, 0.3) is 11.1 Å². The van der Waals surface area contributed by atoms with Crippen LogP contribution in [0.1, 0.15) is 0 Å². The summed E-state index contributed by atoms with van der Waals surface area (Å²) in [4.78, 5) is 3.94. The number of rotatable bonds is 1. The first-order valence-corrected chi connectivity index (χ1v) is 5.21. The van der Waals surface area contributed by atoms with Crippen LogP contribution in [0.3, 0.4) is 0 Å². The summed E-state index contributed by atoms with van der Waals surface area (Å²) in [5.74, 6) is -0.202. The molecule has 70 valence electrons. The molecule has 0 unspecified atom stereocenters. The van der Waals surface area contributed by atoms with Crippen LogP contribution in [-0.2, 0) is 0 Å². The van der Waals surface area contributed by atoms with Gasteiger partial charge in [-0.15, -0.1) is 0 Å². The lowest BCUT2D eigenvalue weighted by atomic mass is 10.1. The van der Waals surface area contributed by atoms with Crippen molar-refractivity contribution in [2.75, 3.05) is 0 Å². The number of halogens is 2. The molecule has 0 radical (unpaired) electrons. The Hall–Kier alpha value is -0.970. The molecule has 1 nitrogen and oxygen atoms in total. The van der Waals surface area contributed by atoms with Gasteiger partial charge < -0.3 is 0 Å². The maximum atomic E-state index is 12.8. The molecule has 0 saturated carbocycles. The number of hydrogen-bond acceptors (Lipinski definition) is 1. The summed E-state index contributed by atoms with van der Waals surface area (Å²) in [6.07, 6.45) is 3.46. The van der Waals surface area contributed by atoms with Gasteiger partial charge in [0.05, 0.1) is 0 Å². The molecule has 0 spiro atoms. The van der Waals surface area contributed by atoms with Crippen molar-refractivity contribution in [3.05, 3.63) is 52.1 Å². The van der Waals surface area contributed by atoms with Crippen LogP contribution in [0.5, 0.6) is 0 Å². The molecular weight excluding hydrogens is 292 g/mol. The van der Waals surface area contributed by atoms with Crippen LogP contribution < -0.4 is 0 Å². The van der Waals surface area contributed by atoms with Crippen molar-refractivity contribution >= 4 is 22.6 Å². The number of hydrogen-bond donors (Lipinski definition) is 0. The Morgan fingerprint density at radius 3 is 2.43 bits per heavy atom. The Kier molecular flexibility index (Phi) is 2.77. The SMILES string of the molecule is Fc1ccc(-c2ccncc2)c(I)c1. The topological polar surface area (TPSA) is 12.9 Å². The zero-order valence-corrected chi connectivity index (χ0v) is 9.40. The van der Waals surface area contributed by atoms with E-state index in [-0.39, 0.29) is 5.82 Å². The number of aromatic nitrogens is 1. The molecule has 0 aliphatic rings. The number of pyridine rings is 1. The summed E-state index contributed by atoms with van der Waals surface area (Å²) in [7, 11) is 0. The number of benzene rings is 1. The van der Waals surface area contributed by atoms with E-state index in [0.29, 0.717) is 0 Å². The third-order valence-corrected chi connectivity index (χ3v) is 2.81. The van der Waals surface area contributed by atoms with Gasteiger partial charge in [0.2, 0.25) is 0 Å². The standard InChI is InChI=1S/C11H7FIN/c12-9-1-2-10(11(13)7-9)8-3-5-14-6-4-8/h1-7H. The van der Waals surface area contributed by atoms with Gasteiger partial charge in [-0.2, -0.15) is 0 Å². The van der Waals surface area contributed by atoms with E-state index in [1.807, 2.05) is 12.1 Å². The first-order chi connectivity index (χ1) is 6.77. The maximum absolute atomic E-state index is 12.8. The molecule has 0 amide bonds. The molecule has 0 saturated heterocycles. The summed E-state index contributed by atoms with van der Waals surface area (Å²) < 4.78 is 13.8. The van der Waals surface area contributed by atoms with Crippen LogP contribution in [-0.4, -0.2) is 4.98 Å². The molecule has 14 heavy (non-hydrogen) atoms. The van der Waals surface area contributed by atoms with E-state index in [1.54, 1.807) is 18.5 Å². The fraction of sp³-hybridized carbons (Fsp3) is 0. The second-order valence-corrected chi connectivity index (χ2v) is 4.02. The highest BCUT2D eigenvalue weighted by Gasteiger charge is 2.02. The van der Waals surface area contributed by atoms with Crippen LogP contribution in [0, 0.1) is 9.39 Å². The lowest BCUT2D eigenvalue weighted by molar-refractivity contribution is 0.627. The molecule has 0 atom stereocenters. The van der Waals surface area contributed by atoms with Gasteiger partial charge in [0.15, 0.2) is 0 Å². The van der Waals surface area contributed by atoms with Crippen molar-refractivity contribution in [2.24, 2.45) is 0 Å². The second kappa shape index (κ2) is 4.04. The van der Waals surface area contributed by atoms with Gasteiger partial charge in [-0.05, 0) is 58.0 Å². The van der Waals surface area contributed by atoms with Crippen molar-refractivity contribution in [3.63, 3.8) is 0 Å². The van der Waals surface area contributed by atoms with E-state index in [4.69, 9.17) is 0 Å². The van der Waals surface area contributed by atoms with Crippen molar-refractivity contribution < 1.29 is 4.39 Å². The normalized spacial score (nSPS) is 10.1. The van der Waals surface area contributed by atoms with Gasteiger partial charge in [-0.3, -0.25) is 4.98 Å². The first-order valence-electron chi connectivity index (χ1n) is 4.13. The minimum absolute atomic E-state index is 0.202. The predicted octanol–water partition coefficient (Wildman–Crippen LogP) is 3.49. The van der Waals surface area contributed by atoms with Crippen LogP contribution in [0.15, 0.2) is 42.7 Å². The van der Waals surface area contributed by atoms with E-state index in [1.165, 1.54) is 12.1 Å². The zero-order chi connectivity index (χ0) is 9.97. The fourth-order valence-corrected chi connectivity index (χ4v) is 2.04. The molecule has 0 N–H and O–H groups in total. The van der Waals surface area contributed by atoms with Crippen molar-refractivity contribution in [2.45, 2.75) is 0 Å². The summed E-state index contributed by atoms with van der Waals surface area (Å²) in [5, 5.41) is 0. The van der Waals surface area contributed by atoms with Crippen LogP contribution >= 0.6 is 22.6 Å². The molecular formula is C11H7FIN. The van der Waals surface area contributed by atoms with E-state index in [2.05, 4.69) is 27.6 Å². The maximum Gasteiger partial charge on any atom is 0.124 e. The highest BCUT2D eigenvalue weighted by molar-refractivity contribution is 14.1. The van der Waals surface area contributed by atoms with Gasteiger partial charge in [0.25, 0.3) is 0 Å².